The Kier molecular flexibility index (Phi) is 3.84. The Morgan fingerprint density at radius 1 is 1.59 bits per heavy atom. The Bertz CT molecular complexity index is 402. The molecule has 94 valence electrons. The average Bonchev–Trinajstić information content (AvgIpc) is 2.76. The molecule has 17 heavy (non-hydrogen) atoms. The lowest BCUT2D eigenvalue weighted by atomic mass is 9.99. The van der Waals surface area contributed by atoms with Crippen LogP contribution in [0.15, 0.2) is 12.1 Å². The van der Waals surface area contributed by atoms with Crippen molar-refractivity contribution in [2.75, 3.05) is 6.54 Å². The summed E-state index contributed by atoms with van der Waals surface area (Å²) < 4.78 is 0. The second-order valence-electron chi connectivity index (χ2n) is 4.75. The van der Waals surface area contributed by atoms with Gasteiger partial charge in [0.05, 0.1) is 4.88 Å². The molecule has 0 radical (unpaired) electrons. The van der Waals surface area contributed by atoms with Crippen LogP contribution >= 0.6 is 11.3 Å². The minimum atomic E-state index is 0.175. The van der Waals surface area contributed by atoms with Gasteiger partial charge in [0.25, 0.3) is 5.91 Å². The van der Waals surface area contributed by atoms with Crippen LogP contribution in [0.25, 0.3) is 0 Å². The van der Waals surface area contributed by atoms with Crippen LogP contribution in [0.5, 0.6) is 0 Å². The molecule has 0 aliphatic carbocycles. The van der Waals surface area contributed by atoms with Gasteiger partial charge in [-0.3, -0.25) is 4.79 Å². The molecule has 3 nitrogen and oxygen atoms in total. The number of amides is 1. The van der Waals surface area contributed by atoms with Gasteiger partial charge < -0.3 is 10.6 Å². The van der Waals surface area contributed by atoms with Crippen LogP contribution in [0.2, 0.25) is 0 Å². The van der Waals surface area contributed by atoms with Crippen LogP contribution in [0, 0.1) is 0 Å². The maximum atomic E-state index is 12.3. The summed E-state index contributed by atoms with van der Waals surface area (Å²) in [6, 6.07) is 4.52. The number of nitrogens with zero attached hydrogens (tertiary/aromatic N) is 1. The Balaban J connectivity index is 2.09. The molecule has 0 spiro atoms. The fourth-order valence-corrected chi connectivity index (χ4v) is 3.24. The van der Waals surface area contributed by atoms with Crippen LogP contribution in [-0.4, -0.2) is 29.4 Å². The van der Waals surface area contributed by atoms with Crippen LogP contribution in [0.1, 0.15) is 41.2 Å². The summed E-state index contributed by atoms with van der Waals surface area (Å²) in [5.41, 5.74) is 5.92. The maximum Gasteiger partial charge on any atom is 0.264 e. The van der Waals surface area contributed by atoms with Crippen LogP contribution in [-0.2, 0) is 6.42 Å². The van der Waals surface area contributed by atoms with Crippen LogP contribution < -0.4 is 5.73 Å². The predicted octanol–water partition coefficient (Wildman–Crippen LogP) is 2.26. The summed E-state index contributed by atoms with van der Waals surface area (Å²) in [5.74, 6) is 0.175. The van der Waals surface area contributed by atoms with Gasteiger partial charge >= 0.3 is 0 Å². The van der Waals surface area contributed by atoms with Crippen molar-refractivity contribution in [3.63, 3.8) is 0 Å². The first-order chi connectivity index (χ1) is 8.11. The summed E-state index contributed by atoms with van der Waals surface area (Å²) in [6.07, 6.45) is 2.83. The molecule has 4 heteroatoms. The fraction of sp³-hybridized carbons (Fsp3) is 0.615. The van der Waals surface area contributed by atoms with Gasteiger partial charge in [-0.25, -0.2) is 0 Å². The normalized spacial score (nSPS) is 25.0. The highest BCUT2D eigenvalue weighted by molar-refractivity contribution is 7.14. The largest absolute Gasteiger partial charge is 0.335 e. The molecule has 2 atom stereocenters. The van der Waals surface area contributed by atoms with E-state index in [4.69, 9.17) is 5.73 Å². The van der Waals surface area contributed by atoms with Gasteiger partial charge in [-0.2, -0.15) is 0 Å². The number of carbonyl (C=O) groups excluding carboxylic acids is 1. The van der Waals surface area contributed by atoms with E-state index in [9.17, 15) is 4.79 Å². The number of piperidine rings is 1. The van der Waals surface area contributed by atoms with Crippen molar-refractivity contribution in [1.29, 1.82) is 0 Å². The molecule has 0 bridgehead atoms. The highest BCUT2D eigenvalue weighted by Gasteiger charge is 2.28. The zero-order valence-corrected chi connectivity index (χ0v) is 11.3. The van der Waals surface area contributed by atoms with Crippen molar-refractivity contribution in [2.45, 2.75) is 45.2 Å². The van der Waals surface area contributed by atoms with Crippen molar-refractivity contribution in [3.8, 4) is 0 Å². The average molecular weight is 252 g/mol. The van der Waals surface area contributed by atoms with Crippen molar-refractivity contribution in [1.82, 2.24) is 4.90 Å². The first-order valence-corrected chi connectivity index (χ1v) is 7.08. The number of thiophene rings is 1. The third kappa shape index (κ3) is 2.69. The molecule has 1 aliphatic rings. The Labute approximate surface area is 107 Å². The lowest BCUT2D eigenvalue weighted by Gasteiger charge is -2.36. The van der Waals surface area contributed by atoms with Crippen LogP contribution in [0.4, 0.5) is 0 Å². The molecule has 1 fully saturated rings. The van der Waals surface area contributed by atoms with Crippen molar-refractivity contribution in [2.24, 2.45) is 5.73 Å². The molecule has 1 aliphatic heterocycles. The quantitative estimate of drug-likeness (QED) is 0.877. The molecular weight excluding hydrogens is 232 g/mol. The number of rotatable bonds is 2. The Hall–Kier alpha value is -0.870. The zero-order valence-electron chi connectivity index (χ0n) is 10.5. The number of hydrogen-bond donors (Lipinski definition) is 1. The van der Waals surface area contributed by atoms with E-state index in [-0.39, 0.29) is 18.0 Å². The zero-order chi connectivity index (χ0) is 12.4. The van der Waals surface area contributed by atoms with E-state index in [0.29, 0.717) is 0 Å². The smallest absolute Gasteiger partial charge is 0.264 e. The minimum Gasteiger partial charge on any atom is -0.335 e. The standard InChI is InChI=1S/C13H20N2OS/c1-3-11-4-5-12(17-11)13(16)15-7-6-10(14)8-9(15)2/h4-5,9-10H,3,6-8,14H2,1-2H3. The first-order valence-electron chi connectivity index (χ1n) is 6.27. The Morgan fingerprint density at radius 2 is 2.35 bits per heavy atom. The summed E-state index contributed by atoms with van der Waals surface area (Å²) in [7, 11) is 0. The van der Waals surface area contributed by atoms with Gasteiger partial charge in [-0.05, 0) is 38.3 Å². The van der Waals surface area contributed by atoms with E-state index in [1.165, 1.54) is 4.88 Å². The number of hydrogen-bond acceptors (Lipinski definition) is 3. The van der Waals surface area contributed by atoms with Gasteiger partial charge in [-0.15, -0.1) is 11.3 Å². The third-order valence-corrected chi connectivity index (χ3v) is 4.62. The molecule has 0 saturated carbocycles. The fourth-order valence-electron chi connectivity index (χ4n) is 2.33. The molecule has 1 amide bonds. The molecule has 1 saturated heterocycles. The second-order valence-corrected chi connectivity index (χ2v) is 5.92. The van der Waals surface area contributed by atoms with E-state index in [0.717, 1.165) is 30.7 Å². The van der Waals surface area contributed by atoms with Crippen molar-refractivity contribution >= 4 is 17.2 Å². The first kappa shape index (κ1) is 12.6. The lowest BCUT2D eigenvalue weighted by molar-refractivity contribution is 0.0624. The van der Waals surface area contributed by atoms with Crippen LogP contribution in [0.3, 0.4) is 0 Å². The Morgan fingerprint density at radius 3 is 2.94 bits per heavy atom. The van der Waals surface area contributed by atoms with Gasteiger partial charge in [0.1, 0.15) is 0 Å². The van der Waals surface area contributed by atoms with E-state index in [2.05, 4.69) is 19.9 Å². The molecular formula is C13H20N2OS. The van der Waals surface area contributed by atoms with Gasteiger partial charge in [-0.1, -0.05) is 6.92 Å². The van der Waals surface area contributed by atoms with E-state index in [1.807, 2.05) is 11.0 Å². The molecule has 1 aromatic heterocycles. The summed E-state index contributed by atoms with van der Waals surface area (Å²) in [5, 5.41) is 0. The maximum absolute atomic E-state index is 12.3. The topological polar surface area (TPSA) is 46.3 Å². The van der Waals surface area contributed by atoms with E-state index >= 15 is 0 Å². The molecule has 2 N–H and O–H groups in total. The van der Waals surface area contributed by atoms with Crippen molar-refractivity contribution < 1.29 is 4.79 Å². The highest BCUT2D eigenvalue weighted by Crippen LogP contribution is 2.23. The molecule has 2 heterocycles. The minimum absolute atomic E-state index is 0.175. The summed E-state index contributed by atoms with van der Waals surface area (Å²) >= 11 is 1.62. The number of nitrogens with two attached hydrogens (primary N) is 1. The predicted molar refractivity (Wildman–Crippen MR) is 71.4 cm³/mol. The van der Waals surface area contributed by atoms with Crippen molar-refractivity contribution in [3.05, 3.63) is 21.9 Å². The molecule has 2 rings (SSSR count). The second kappa shape index (κ2) is 5.19. The lowest BCUT2D eigenvalue weighted by Crippen LogP contribution is -2.48. The molecule has 0 aromatic carbocycles. The SMILES string of the molecule is CCc1ccc(C(=O)N2CCC(N)CC2C)s1. The number of aryl methyl sites for hydroxylation is 1. The van der Waals surface area contributed by atoms with E-state index in [1.54, 1.807) is 11.3 Å². The third-order valence-electron chi connectivity index (χ3n) is 3.40. The summed E-state index contributed by atoms with van der Waals surface area (Å²) in [6.45, 7) is 4.99. The monoisotopic (exact) mass is 252 g/mol. The van der Waals surface area contributed by atoms with Gasteiger partial charge in [0.15, 0.2) is 0 Å². The molecule has 1 aromatic rings. The number of likely N-dealkylation sites (tertiary alicyclic amines) is 1. The highest BCUT2D eigenvalue weighted by atomic mass is 32.1. The van der Waals surface area contributed by atoms with Gasteiger partial charge in [0, 0.05) is 23.5 Å². The number of carbonyl (C=O) groups is 1. The van der Waals surface area contributed by atoms with Gasteiger partial charge in [0.2, 0.25) is 0 Å². The van der Waals surface area contributed by atoms with E-state index < -0.39 is 0 Å². The molecule has 2 unspecified atom stereocenters. The summed E-state index contributed by atoms with van der Waals surface area (Å²) in [4.78, 5) is 16.4.